The summed E-state index contributed by atoms with van der Waals surface area (Å²) in [5, 5.41) is 8.68. The predicted octanol–water partition coefficient (Wildman–Crippen LogP) is 0.819. The average Bonchev–Trinajstić information content (AvgIpc) is 2.04. The van der Waals surface area contributed by atoms with Gasteiger partial charge in [0.2, 0.25) is 0 Å². The van der Waals surface area contributed by atoms with E-state index < -0.39 is 12.0 Å². The molecule has 0 saturated heterocycles. The summed E-state index contributed by atoms with van der Waals surface area (Å²) in [4.78, 5) is 14.1. The lowest BCUT2D eigenvalue weighted by Gasteiger charge is -2.06. The number of nitrogens with two attached hydrogens (primary N) is 1. The Balaban J connectivity index is 3.02. The molecule has 1 heterocycles. The minimum Gasteiger partial charge on any atom is -0.480 e. The Morgan fingerprint density at radius 3 is 2.92 bits per heavy atom. The van der Waals surface area contributed by atoms with Gasteiger partial charge in [0.1, 0.15) is 11.2 Å². The standard InChI is InChI=1S/C7H7ClN2O2/c8-6-4(2-1-3-10-6)5(9)7(11)12/h1-3,5H,9H2,(H,11,12)/t5-/m0/s1. The molecule has 3 N–H and O–H groups in total. The lowest BCUT2D eigenvalue weighted by Crippen LogP contribution is -2.21. The summed E-state index contributed by atoms with van der Waals surface area (Å²) >= 11 is 5.61. The van der Waals surface area contributed by atoms with Gasteiger partial charge in [-0.05, 0) is 6.07 Å². The Hall–Kier alpha value is -1.13. The van der Waals surface area contributed by atoms with Crippen LogP contribution in [0.25, 0.3) is 0 Å². The molecule has 0 spiro atoms. The van der Waals surface area contributed by atoms with E-state index in [9.17, 15) is 4.79 Å². The Kier molecular flexibility index (Phi) is 2.62. The van der Waals surface area contributed by atoms with E-state index in [1.165, 1.54) is 12.3 Å². The molecule has 0 aromatic carbocycles. The van der Waals surface area contributed by atoms with Crippen LogP contribution in [0.3, 0.4) is 0 Å². The number of hydrogen-bond acceptors (Lipinski definition) is 3. The first-order valence-electron chi connectivity index (χ1n) is 3.21. The normalized spacial score (nSPS) is 12.5. The van der Waals surface area contributed by atoms with Crippen molar-refractivity contribution in [2.45, 2.75) is 6.04 Å². The van der Waals surface area contributed by atoms with Gasteiger partial charge in [0.15, 0.2) is 0 Å². The van der Waals surface area contributed by atoms with E-state index in [1.54, 1.807) is 6.07 Å². The van der Waals surface area contributed by atoms with Gasteiger partial charge < -0.3 is 10.8 Å². The maximum Gasteiger partial charge on any atom is 0.325 e. The molecule has 0 aliphatic heterocycles. The molecular formula is C7H7ClN2O2. The first-order chi connectivity index (χ1) is 5.63. The van der Waals surface area contributed by atoms with E-state index >= 15 is 0 Å². The molecule has 1 atom stereocenters. The summed E-state index contributed by atoms with van der Waals surface area (Å²) in [6.45, 7) is 0. The molecular weight excluding hydrogens is 180 g/mol. The molecule has 64 valence electrons. The van der Waals surface area contributed by atoms with E-state index in [-0.39, 0.29) is 5.15 Å². The van der Waals surface area contributed by atoms with Gasteiger partial charge in [-0.1, -0.05) is 17.7 Å². The third kappa shape index (κ3) is 1.72. The van der Waals surface area contributed by atoms with E-state index in [4.69, 9.17) is 22.4 Å². The highest BCUT2D eigenvalue weighted by Crippen LogP contribution is 2.18. The van der Waals surface area contributed by atoms with Crippen molar-refractivity contribution in [3.8, 4) is 0 Å². The molecule has 4 nitrogen and oxygen atoms in total. The summed E-state index contributed by atoms with van der Waals surface area (Å²) in [7, 11) is 0. The molecule has 1 aromatic heterocycles. The van der Waals surface area contributed by atoms with Gasteiger partial charge in [0.25, 0.3) is 0 Å². The second-order valence-electron chi connectivity index (χ2n) is 2.20. The van der Waals surface area contributed by atoms with E-state index in [0.29, 0.717) is 5.56 Å². The van der Waals surface area contributed by atoms with Crippen molar-refractivity contribution in [3.63, 3.8) is 0 Å². The topological polar surface area (TPSA) is 76.2 Å². The van der Waals surface area contributed by atoms with Gasteiger partial charge in [0, 0.05) is 11.8 Å². The van der Waals surface area contributed by atoms with Gasteiger partial charge in [-0.2, -0.15) is 0 Å². The van der Waals surface area contributed by atoms with Crippen molar-refractivity contribution in [2.24, 2.45) is 5.73 Å². The van der Waals surface area contributed by atoms with Crippen LogP contribution in [-0.4, -0.2) is 16.1 Å². The fraction of sp³-hybridized carbons (Fsp3) is 0.143. The lowest BCUT2D eigenvalue weighted by atomic mass is 10.1. The van der Waals surface area contributed by atoms with Crippen molar-refractivity contribution in [2.75, 3.05) is 0 Å². The van der Waals surface area contributed by atoms with Crippen LogP contribution in [0.15, 0.2) is 18.3 Å². The summed E-state index contributed by atoms with van der Waals surface area (Å²) in [6, 6.07) is 2.02. The van der Waals surface area contributed by atoms with Crippen LogP contribution in [0.1, 0.15) is 11.6 Å². The molecule has 5 heteroatoms. The molecule has 0 aliphatic rings. The molecule has 0 aliphatic carbocycles. The fourth-order valence-electron chi connectivity index (χ4n) is 0.763. The zero-order chi connectivity index (χ0) is 9.14. The highest BCUT2D eigenvalue weighted by atomic mass is 35.5. The van der Waals surface area contributed by atoms with Gasteiger partial charge in [-0.3, -0.25) is 4.79 Å². The summed E-state index contributed by atoms with van der Waals surface area (Å²) < 4.78 is 0. The number of hydrogen-bond donors (Lipinski definition) is 2. The maximum absolute atomic E-state index is 10.4. The minimum atomic E-state index is -1.12. The second-order valence-corrected chi connectivity index (χ2v) is 2.56. The van der Waals surface area contributed by atoms with Crippen molar-refractivity contribution < 1.29 is 9.90 Å². The van der Waals surface area contributed by atoms with Crippen molar-refractivity contribution >= 4 is 17.6 Å². The molecule has 0 amide bonds. The highest BCUT2D eigenvalue weighted by molar-refractivity contribution is 6.30. The molecule has 0 bridgehead atoms. The Morgan fingerprint density at radius 1 is 1.75 bits per heavy atom. The number of carboxylic acids is 1. The average molecular weight is 187 g/mol. The quantitative estimate of drug-likeness (QED) is 0.671. The number of carbonyl (C=O) groups is 1. The number of carboxylic acid groups (broad SMARTS) is 1. The van der Waals surface area contributed by atoms with Crippen LogP contribution in [0, 0.1) is 0 Å². The number of rotatable bonds is 2. The Morgan fingerprint density at radius 2 is 2.42 bits per heavy atom. The third-order valence-electron chi connectivity index (χ3n) is 1.39. The Bertz CT molecular complexity index is 303. The van der Waals surface area contributed by atoms with E-state index in [2.05, 4.69) is 4.98 Å². The number of aromatic nitrogens is 1. The molecule has 0 unspecified atom stereocenters. The summed E-state index contributed by atoms with van der Waals surface area (Å²) in [6.07, 6.45) is 1.47. The molecule has 1 aromatic rings. The van der Waals surface area contributed by atoms with Crippen molar-refractivity contribution in [3.05, 3.63) is 29.0 Å². The van der Waals surface area contributed by atoms with Crippen LogP contribution < -0.4 is 5.73 Å². The molecule has 0 saturated carbocycles. The summed E-state index contributed by atoms with van der Waals surface area (Å²) in [5.74, 6) is -1.12. The van der Waals surface area contributed by atoms with Gasteiger partial charge in [-0.25, -0.2) is 4.98 Å². The third-order valence-corrected chi connectivity index (χ3v) is 1.70. The number of nitrogens with zero attached hydrogens (tertiary/aromatic N) is 1. The summed E-state index contributed by atoms with van der Waals surface area (Å²) in [5.41, 5.74) is 5.64. The monoisotopic (exact) mass is 186 g/mol. The minimum absolute atomic E-state index is 0.132. The maximum atomic E-state index is 10.4. The first kappa shape index (κ1) is 8.96. The predicted molar refractivity (Wildman–Crippen MR) is 43.8 cm³/mol. The molecule has 12 heavy (non-hydrogen) atoms. The largest absolute Gasteiger partial charge is 0.480 e. The smallest absolute Gasteiger partial charge is 0.325 e. The van der Waals surface area contributed by atoms with Crippen LogP contribution in [0.2, 0.25) is 5.15 Å². The van der Waals surface area contributed by atoms with Crippen LogP contribution >= 0.6 is 11.6 Å². The van der Waals surface area contributed by atoms with Crippen LogP contribution in [0.5, 0.6) is 0 Å². The fourth-order valence-corrected chi connectivity index (χ4v) is 1.00. The van der Waals surface area contributed by atoms with Gasteiger partial charge >= 0.3 is 5.97 Å². The lowest BCUT2D eigenvalue weighted by molar-refractivity contribution is -0.138. The molecule has 1 rings (SSSR count). The van der Waals surface area contributed by atoms with Crippen molar-refractivity contribution in [1.29, 1.82) is 0 Å². The van der Waals surface area contributed by atoms with E-state index in [1.807, 2.05) is 0 Å². The number of halogens is 1. The molecule has 0 radical (unpaired) electrons. The highest BCUT2D eigenvalue weighted by Gasteiger charge is 2.17. The van der Waals surface area contributed by atoms with Gasteiger partial charge in [0.05, 0.1) is 0 Å². The SMILES string of the molecule is N[C@H](C(=O)O)c1cccnc1Cl. The van der Waals surface area contributed by atoms with Crippen LogP contribution in [-0.2, 0) is 4.79 Å². The van der Waals surface area contributed by atoms with E-state index in [0.717, 1.165) is 0 Å². The second kappa shape index (κ2) is 3.51. The number of aliphatic carboxylic acids is 1. The first-order valence-corrected chi connectivity index (χ1v) is 3.59. The number of pyridine rings is 1. The zero-order valence-corrected chi connectivity index (χ0v) is 6.82. The Labute approximate surface area is 74.0 Å². The van der Waals surface area contributed by atoms with Crippen molar-refractivity contribution in [1.82, 2.24) is 4.98 Å². The zero-order valence-electron chi connectivity index (χ0n) is 6.07. The van der Waals surface area contributed by atoms with Gasteiger partial charge in [-0.15, -0.1) is 0 Å². The molecule has 0 fully saturated rings. The van der Waals surface area contributed by atoms with Crippen LogP contribution in [0.4, 0.5) is 0 Å².